The van der Waals surface area contributed by atoms with Gasteiger partial charge in [0.1, 0.15) is 12.4 Å². The lowest BCUT2D eigenvalue weighted by Gasteiger charge is -2.08. The molecule has 4 heteroatoms. The van der Waals surface area contributed by atoms with Gasteiger partial charge in [-0.3, -0.25) is 4.79 Å². The predicted octanol–water partition coefficient (Wildman–Crippen LogP) is 3.54. The fourth-order valence-corrected chi connectivity index (χ4v) is 1.88. The Labute approximate surface area is 116 Å². The van der Waals surface area contributed by atoms with Crippen LogP contribution in [0.1, 0.15) is 30.1 Å². The summed E-state index contributed by atoms with van der Waals surface area (Å²) in [5.74, 6) is 0.652. The maximum atomic E-state index is 11.8. The summed E-state index contributed by atoms with van der Waals surface area (Å²) in [7, 11) is 0. The van der Waals surface area contributed by atoms with Crippen LogP contribution in [0.2, 0.25) is 0 Å². The van der Waals surface area contributed by atoms with E-state index < -0.39 is 0 Å². The Hall–Kier alpha value is -1.29. The topological polar surface area (TPSA) is 38.3 Å². The van der Waals surface area contributed by atoms with Crippen LogP contribution in [0.3, 0.4) is 0 Å². The van der Waals surface area contributed by atoms with Crippen molar-refractivity contribution in [2.75, 3.05) is 13.2 Å². The molecule has 0 atom stereocenters. The van der Waals surface area contributed by atoms with E-state index in [2.05, 4.69) is 34.7 Å². The number of carbonyl (C=O) groups excluding carboxylic acids is 1. The number of ether oxygens (including phenoxy) is 1. The van der Waals surface area contributed by atoms with E-state index in [1.807, 2.05) is 0 Å². The van der Waals surface area contributed by atoms with E-state index in [1.165, 1.54) is 0 Å². The summed E-state index contributed by atoms with van der Waals surface area (Å²) in [6.45, 7) is 6.84. The minimum Gasteiger partial charge on any atom is -0.488 e. The largest absolute Gasteiger partial charge is 0.488 e. The number of nitrogens with one attached hydrogen (secondary N) is 1. The second kappa shape index (κ2) is 7.93. The van der Waals surface area contributed by atoms with Crippen molar-refractivity contribution in [3.05, 3.63) is 40.9 Å². The predicted molar refractivity (Wildman–Crippen MR) is 77.1 cm³/mol. The number of hydrogen-bond donors (Lipinski definition) is 1. The maximum Gasteiger partial charge on any atom is 0.251 e. The molecule has 1 aromatic rings. The van der Waals surface area contributed by atoms with Crippen LogP contribution in [0.25, 0.3) is 0 Å². The number of rotatable bonds is 7. The molecule has 0 aliphatic rings. The molecule has 18 heavy (non-hydrogen) atoms. The molecular formula is C14H18BrNO2. The van der Waals surface area contributed by atoms with Gasteiger partial charge in [-0.2, -0.15) is 0 Å². The fourth-order valence-electron chi connectivity index (χ4n) is 1.39. The minimum absolute atomic E-state index is 0.0561. The van der Waals surface area contributed by atoms with Gasteiger partial charge >= 0.3 is 0 Å². The van der Waals surface area contributed by atoms with Gasteiger partial charge in [0.25, 0.3) is 5.91 Å². The summed E-state index contributed by atoms with van der Waals surface area (Å²) in [5.41, 5.74) is 0.629. The van der Waals surface area contributed by atoms with Crippen molar-refractivity contribution >= 4 is 21.8 Å². The van der Waals surface area contributed by atoms with Crippen LogP contribution in [0.15, 0.2) is 35.3 Å². The van der Waals surface area contributed by atoms with E-state index in [-0.39, 0.29) is 5.91 Å². The van der Waals surface area contributed by atoms with Gasteiger partial charge in [-0.25, -0.2) is 0 Å². The Morgan fingerprint density at radius 2 is 2.33 bits per heavy atom. The standard InChI is InChI=1S/C14H18BrNO2/c1-3-5-8-16-14(17)11-6-7-13(12(15)10-11)18-9-4-2/h4,6-7,10H,2-3,5,8-9H2,1H3,(H,16,17). The first kappa shape index (κ1) is 14.8. The van der Waals surface area contributed by atoms with Crippen LogP contribution in [-0.4, -0.2) is 19.1 Å². The molecule has 0 aliphatic heterocycles. The van der Waals surface area contributed by atoms with Crippen LogP contribution in [0.4, 0.5) is 0 Å². The molecule has 1 aromatic carbocycles. The lowest BCUT2D eigenvalue weighted by atomic mass is 10.2. The molecule has 0 aromatic heterocycles. The number of amides is 1. The molecule has 0 bridgehead atoms. The van der Waals surface area contributed by atoms with Gasteiger partial charge in [0.15, 0.2) is 0 Å². The third-order valence-corrected chi connectivity index (χ3v) is 2.99. The summed E-state index contributed by atoms with van der Waals surface area (Å²) < 4.78 is 6.19. The van der Waals surface area contributed by atoms with Gasteiger partial charge < -0.3 is 10.1 Å². The first-order chi connectivity index (χ1) is 8.69. The molecule has 0 radical (unpaired) electrons. The molecule has 1 amide bonds. The SMILES string of the molecule is C=CCOc1ccc(C(=O)NCCCC)cc1Br. The van der Waals surface area contributed by atoms with Gasteiger partial charge in [-0.05, 0) is 40.5 Å². The van der Waals surface area contributed by atoms with E-state index in [1.54, 1.807) is 24.3 Å². The smallest absolute Gasteiger partial charge is 0.251 e. The Morgan fingerprint density at radius 3 is 2.94 bits per heavy atom. The van der Waals surface area contributed by atoms with E-state index in [0.717, 1.165) is 17.3 Å². The van der Waals surface area contributed by atoms with E-state index in [9.17, 15) is 4.79 Å². The highest BCUT2D eigenvalue weighted by atomic mass is 79.9. The van der Waals surface area contributed by atoms with Gasteiger partial charge in [0.2, 0.25) is 0 Å². The summed E-state index contributed by atoms with van der Waals surface area (Å²) >= 11 is 3.39. The van der Waals surface area contributed by atoms with Crippen LogP contribution >= 0.6 is 15.9 Å². The lowest BCUT2D eigenvalue weighted by Crippen LogP contribution is -2.24. The van der Waals surface area contributed by atoms with E-state index in [0.29, 0.717) is 24.5 Å². The second-order valence-electron chi connectivity index (χ2n) is 3.85. The van der Waals surface area contributed by atoms with Gasteiger partial charge in [0, 0.05) is 12.1 Å². The van der Waals surface area contributed by atoms with Crippen molar-refractivity contribution in [1.29, 1.82) is 0 Å². The van der Waals surface area contributed by atoms with Crippen molar-refractivity contribution in [1.82, 2.24) is 5.32 Å². The third kappa shape index (κ3) is 4.53. The summed E-state index contributed by atoms with van der Waals surface area (Å²) in [5, 5.41) is 2.87. The van der Waals surface area contributed by atoms with E-state index in [4.69, 9.17) is 4.74 Å². The quantitative estimate of drug-likeness (QED) is 0.618. The number of unbranched alkanes of at least 4 members (excludes halogenated alkanes) is 1. The van der Waals surface area contributed by atoms with Crippen LogP contribution in [0, 0.1) is 0 Å². The molecule has 0 unspecified atom stereocenters. The first-order valence-corrected chi connectivity index (χ1v) is 6.79. The highest BCUT2D eigenvalue weighted by Crippen LogP contribution is 2.26. The zero-order valence-electron chi connectivity index (χ0n) is 10.5. The molecule has 0 saturated heterocycles. The van der Waals surface area contributed by atoms with Crippen molar-refractivity contribution in [2.45, 2.75) is 19.8 Å². The van der Waals surface area contributed by atoms with Crippen molar-refractivity contribution in [2.24, 2.45) is 0 Å². The molecule has 0 fully saturated rings. The summed E-state index contributed by atoms with van der Waals surface area (Å²) in [6.07, 6.45) is 3.74. The highest BCUT2D eigenvalue weighted by Gasteiger charge is 2.08. The molecule has 3 nitrogen and oxygen atoms in total. The van der Waals surface area contributed by atoms with E-state index >= 15 is 0 Å². The molecule has 0 saturated carbocycles. The monoisotopic (exact) mass is 311 g/mol. The molecular weight excluding hydrogens is 294 g/mol. The summed E-state index contributed by atoms with van der Waals surface area (Å²) in [6, 6.07) is 5.30. The zero-order valence-corrected chi connectivity index (χ0v) is 12.1. The minimum atomic E-state index is -0.0561. The van der Waals surface area contributed by atoms with Crippen molar-refractivity contribution in [3.8, 4) is 5.75 Å². The molecule has 0 spiro atoms. The lowest BCUT2D eigenvalue weighted by molar-refractivity contribution is 0.0953. The Bertz CT molecular complexity index is 418. The Balaban J connectivity index is 2.65. The van der Waals surface area contributed by atoms with Gasteiger partial charge in [-0.15, -0.1) is 0 Å². The van der Waals surface area contributed by atoms with Gasteiger partial charge in [0.05, 0.1) is 4.47 Å². The molecule has 1 N–H and O–H groups in total. The summed E-state index contributed by atoms with van der Waals surface area (Å²) in [4.78, 5) is 11.8. The number of hydrogen-bond acceptors (Lipinski definition) is 2. The van der Waals surface area contributed by atoms with Crippen molar-refractivity contribution in [3.63, 3.8) is 0 Å². The molecule has 0 heterocycles. The van der Waals surface area contributed by atoms with Gasteiger partial charge in [-0.1, -0.05) is 26.0 Å². The normalized spacial score (nSPS) is 9.89. The number of benzene rings is 1. The van der Waals surface area contributed by atoms with Crippen LogP contribution < -0.4 is 10.1 Å². The average Bonchev–Trinajstić information content (AvgIpc) is 2.37. The highest BCUT2D eigenvalue weighted by molar-refractivity contribution is 9.10. The Morgan fingerprint density at radius 1 is 1.56 bits per heavy atom. The van der Waals surface area contributed by atoms with Crippen LogP contribution in [-0.2, 0) is 0 Å². The number of halogens is 1. The average molecular weight is 312 g/mol. The Kier molecular flexibility index (Phi) is 6.50. The third-order valence-electron chi connectivity index (χ3n) is 2.37. The molecule has 1 rings (SSSR count). The zero-order chi connectivity index (χ0) is 13.4. The van der Waals surface area contributed by atoms with Crippen molar-refractivity contribution < 1.29 is 9.53 Å². The first-order valence-electron chi connectivity index (χ1n) is 6.00. The number of carbonyl (C=O) groups is 1. The molecule has 0 aliphatic carbocycles. The second-order valence-corrected chi connectivity index (χ2v) is 4.71. The van der Waals surface area contributed by atoms with Crippen LogP contribution in [0.5, 0.6) is 5.75 Å². The maximum absolute atomic E-state index is 11.8. The fraction of sp³-hybridized carbons (Fsp3) is 0.357. The molecule has 98 valence electrons.